The van der Waals surface area contributed by atoms with Crippen molar-refractivity contribution in [3.05, 3.63) is 0 Å². The topological polar surface area (TPSA) is 26.3 Å². The van der Waals surface area contributed by atoms with Gasteiger partial charge in [-0.2, -0.15) is 0 Å². The molecule has 0 N–H and O–H groups in total. The van der Waals surface area contributed by atoms with E-state index in [0.717, 1.165) is 37.0 Å². The van der Waals surface area contributed by atoms with Crippen molar-refractivity contribution in [3.63, 3.8) is 0 Å². The van der Waals surface area contributed by atoms with Gasteiger partial charge in [-0.3, -0.25) is 4.79 Å². The molecule has 2 rings (SSSR count). The molecule has 0 aliphatic heterocycles. The largest absolute Gasteiger partial charge is 0.459 e. The molecule has 3 unspecified atom stereocenters. The summed E-state index contributed by atoms with van der Waals surface area (Å²) in [4.78, 5) is 12.1. The van der Waals surface area contributed by atoms with Crippen LogP contribution in [-0.2, 0) is 9.53 Å². The minimum absolute atomic E-state index is 0.0456. The van der Waals surface area contributed by atoms with Gasteiger partial charge in [0.2, 0.25) is 0 Å². The summed E-state index contributed by atoms with van der Waals surface area (Å²) in [6, 6.07) is 0. The summed E-state index contributed by atoms with van der Waals surface area (Å²) in [7, 11) is 0. The van der Waals surface area contributed by atoms with Crippen molar-refractivity contribution in [3.8, 4) is 0 Å². The van der Waals surface area contributed by atoms with Crippen molar-refractivity contribution in [1.29, 1.82) is 0 Å². The van der Waals surface area contributed by atoms with E-state index in [-0.39, 0.29) is 11.6 Å². The van der Waals surface area contributed by atoms with Crippen LogP contribution in [0.1, 0.15) is 85.0 Å². The van der Waals surface area contributed by atoms with E-state index in [1.54, 1.807) is 0 Å². The molecule has 2 aliphatic rings. The summed E-state index contributed by atoms with van der Waals surface area (Å²) in [5.74, 6) is 2.54. The van der Waals surface area contributed by atoms with Gasteiger partial charge >= 0.3 is 5.97 Å². The maximum atomic E-state index is 12.1. The third-order valence-electron chi connectivity index (χ3n) is 5.78. The lowest BCUT2D eigenvalue weighted by atomic mass is 9.90. The standard InChI is InChI=1S/C18H32O2/c1-4-14-12-15(5-2)16(13-14)8-9-17(19)20-18(3)10-6-7-11-18/h14-16H,4-13H2,1-3H3. The number of carbonyl (C=O) groups excluding carboxylic acids is 1. The van der Waals surface area contributed by atoms with Gasteiger partial charge in [-0.25, -0.2) is 0 Å². The van der Waals surface area contributed by atoms with Crippen molar-refractivity contribution >= 4 is 5.97 Å². The third-order valence-corrected chi connectivity index (χ3v) is 5.78. The molecule has 0 spiro atoms. The lowest BCUT2D eigenvalue weighted by Crippen LogP contribution is -2.28. The highest BCUT2D eigenvalue weighted by Crippen LogP contribution is 2.42. The van der Waals surface area contributed by atoms with Gasteiger partial charge in [0.05, 0.1) is 0 Å². The monoisotopic (exact) mass is 280 g/mol. The molecule has 2 nitrogen and oxygen atoms in total. The van der Waals surface area contributed by atoms with Gasteiger partial charge in [-0.05, 0) is 69.6 Å². The molecule has 0 amide bonds. The highest BCUT2D eigenvalue weighted by Gasteiger charge is 2.34. The smallest absolute Gasteiger partial charge is 0.306 e. The zero-order chi connectivity index (χ0) is 14.6. The highest BCUT2D eigenvalue weighted by atomic mass is 16.6. The van der Waals surface area contributed by atoms with Gasteiger partial charge in [-0.1, -0.05) is 26.7 Å². The van der Waals surface area contributed by atoms with Crippen molar-refractivity contribution < 1.29 is 9.53 Å². The van der Waals surface area contributed by atoms with E-state index in [1.165, 1.54) is 38.5 Å². The normalized spacial score (nSPS) is 32.5. The Morgan fingerprint density at radius 2 is 1.75 bits per heavy atom. The van der Waals surface area contributed by atoms with Gasteiger partial charge in [0, 0.05) is 6.42 Å². The van der Waals surface area contributed by atoms with E-state index in [0.29, 0.717) is 6.42 Å². The fraction of sp³-hybridized carbons (Fsp3) is 0.944. The maximum Gasteiger partial charge on any atom is 0.306 e. The van der Waals surface area contributed by atoms with Gasteiger partial charge in [-0.15, -0.1) is 0 Å². The zero-order valence-corrected chi connectivity index (χ0v) is 13.6. The number of hydrogen-bond acceptors (Lipinski definition) is 2. The molecule has 20 heavy (non-hydrogen) atoms. The summed E-state index contributed by atoms with van der Waals surface area (Å²) in [5.41, 5.74) is -0.150. The number of carbonyl (C=O) groups is 1. The van der Waals surface area contributed by atoms with E-state index < -0.39 is 0 Å². The quantitative estimate of drug-likeness (QED) is 0.632. The molecule has 2 fully saturated rings. The van der Waals surface area contributed by atoms with Crippen LogP contribution in [0.25, 0.3) is 0 Å². The first-order valence-electron chi connectivity index (χ1n) is 8.78. The molecule has 2 heteroatoms. The Labute approximate surface area is 124 Å². The minimum Gasteiger partial charge on any atom is -0.459 e. The van der Waals surface area contributed by atoms with E-state index in [4.69, 9.17) is 4.74 Å². The second-order valence-electron chi connectivity index (χ2n) is 7.34. The molecule has 0 saturated heterocycles. The number of esters is 1. The Balaban J connectivity index is 1.75. The molecule has 116 valence electrons. The SMILES string of the molecule is CCC1CC(CC)C(CCC(=O)OC2(C)CCCC2)C1. The fourth-order valence-electron chi connectivity index (χ4n) is 4.38. The number of ether oxygens (including phenoxy) is 1. The summed E-state index contributed by atoms with van der Waals surface area (Å²) in [6.07, 6.45) is 11.5. The van der Waals surface area contributed by atoms with Crippen molar-refractivity contribution in [1.82, 2.24) is 0 Å². The van der Waals surface area contributed by atoms with Crippen molar-refractivity contribution in [2.45, 2.75) is 90.6 Å². The van der Waals surface area contributed by atoms with Crippen LogP contribution >= 0.6 is 0 Å². The van der Waals surface area contributed by atoms with Crippen molar-refractivity contribution in [2.75, 3.05) is 0 Å². The van der Waals surface area contributed by atoms with Crippen molar-refractivity contribution in [2.24, 2.45) is 17.8 Å². The van der Waals surface area contributed by atoms with Crippen LogP contribution in [-0.4, -0.2) is 11.6 Å². The van der Waals surface area contributed by atoms with Crippen LogP contribution in [0.15, 0.2) is 0 Å². The van der Waals surface area contributed by atoms with E-state index in [1.807, 2.05) is 0 Å². The molecular weight excluding hydrogens is 248 g/mol. The third kappa shape index (κ3) is 3.99. The molecule has 0 aromatic carbocycles. The molecule has 2 aliphatic carbocycles. The van der Waals surface area contributed by atoms with Crippen LogP contribution in [0.3, 0.4) is 0 Å². The predicted molar refractivity (Wildman–Crippen MR) is 82.5 cm³/mol. The molecule has 0 radical (unpaired) electrons. The van der Waals surface area contributed by atoms with Crippen LogP contribution in [0.5, 0.6) is 0 Å². The summed E-state index contributed by atoms with van der Waals surface area (Å²) in [6.45, 7) is 6.71. The lowest BCUT2D eigenvalue weighted by Gasteiger charge is -2.25. The first kappa shape index (κ1) is 15.9. The molecule has 0 aromatic rings. The number of hydrogen-bond donors (Lipinski definition) is 0. The number of rotatable bonds is 6. The Bertz CT molecular complexity index is 317. The first-order chi connectivity index (χ1) is 9.56. The van der Waals surface area contributed by atoms with Gasteiger partial charge < -0.3 is 4.74 Å². The average Bonchev–Trinajstić information content (AvgIpc) is 3.02. The Morgan fingerprint density at radius 3 is 2.35 bits per heavy atom. The first-order valence-corrected chi connectivity index (χ1v) is 8.78. The average molecular weight is 280 g/mol. The molecule has 0 bridgehead atoms. The van der Waals surface area contributed by atoms with E-state index in [9.17, 15) is 4.79 Å². The summed E-state index contributed by atoms with van der Waals surface area (Å²) >= 11 is 0. The zero-order valence-electron chi connectivity index (χ0n) is 13.6. The molecular formula is C18H32O2. The van der Waals surface area contributed by atoms with Crippen LogP contribution < -0.4 is 0 Å². The molecule has 3 atom stereocenters. The maximum absolute atomic E-state index is 12.1. The Kier molecular flexibility index (Phi) is 5.51. The highest BCUT2D eigenvalue weighted by molar-refractivity contribution is 5.69. The lowest BCUT2D eigenvalue weighted by molar-refractivity contribution is -0.157. The second kappa shape index (κ2) is 6.95. The molecule has 0 heterocycles. The fourth-order valence-corrected chi connectivity index (χ4v) is 4.38. The summed E-state index contributed by atoms with van der Waals surface area (Å²) < 4.78 is 5.74. The van der Waals surface area contributed by atoms with Gasteiger partial charge in [0.1, 0.15) is 5.60 Å². The Hall–Kier alpha value is -0.530. The predicted octanol–water partition coefficient (Wildman–Crippen LogP) is 5.10. The summed E-state index contributed by atoms with van der Waals surface area (Å²) in [5, 5.41) is 0. The second-order valence-corrected chi connectivity index (χ2v) is 7.34. The van der Waals surface area contributed by atoms with Crippen LogP contribution in [0.2, 0.25) is 0 Å². The van der Waals surface area contributed by atoms with Crippen LogP contribution in [0.4, 0.5) is 0 Å². The van der Waals surface area contributed by atoms with Crippen LogP contribution in [0, 0.1) is 17.8 Å². The molecule has 2 saturated carbocycles. The van der Waals surface area contributed by atoms with E-state index in [2.05, 4.69) is 20.8 Å². The van der Waals surface area contributed by atoms with Gasteiger partial charge in [0.25, 0.3) is 0 Å². The van der Waals surface area contributed by atoms with E-state index >= 15 is 0 Å². The molecule has 0 aromatic heterocycles. The minimum atomic E-state index is -0.150. The van der Waals surface area contributed by atoms with Gasteiger partial charge in [0.15, 0.2) is 0 Å². The Morgan fingerprint density at radius 1 is 1.10 bits per heavy atom.